The van der Waals surface area contributed by atoms with Crippen molar-refractivity contribution in [3.05, 3.63) is 29.8 Å². The zero-order chi connectivity index (χ0) is 10.7. The molecule has 1 aromatic carbocycles. The first-order valence-corrected chi connectivity index (χ1v) is 5.56. The highest BCUT2D eigenvalue weighted by atomic mass is 16.5. The third-order valence-corrected chi connectivity index (χ3v) is 2.72. The maximum Gasteiger partial charge on any atom is 0.119 e. The van der Waals surface area contributed by atoms with E-state index in [1.807, 2.05) is 6.07 Å². The molecule has 0 spiro atoms. The molecule has 1 aliphatic rings. The van der Waals surface area contributed by atoms with Gasteiger partial charge in [-0.3, -0.25) is 0 Å². The molecule has 0 radical (unpaired) electrons. The molecule has 1 saturated heterocycles. The van der Waals surface area contributed by atoms with Gasteiger partial charge in [0.25, 0.3) is 0 Å². The number of hydrogen-bond donors (Lipinski definition) is 0. The van der Waals surface area contributed by atoms with Gasteiger partial charge < -0.3 is 9.47 Å². The van der Waals surface area contributed by atoms with Crippen LogP contribution in [0.25, 0.3) is 0 Å². The molecule has 0 aliphatic carbocycles. The SMILES string of the molecule is CC(C)c1cccc(OCC2COC2)c1. The van der Waals surface area contributed by atoms with E-state index in [1.54, 1.807) is 0 Å². The van der Waals surface area contributed by atoms with Crippen molar-refractivity contribution in [3.8, 4) is 5.75 Å². The molecule has 1 heterocycles. The molecule has 1 aliphatic heterocycles. The molecule has 1 fully saturated rings. The molecule has 0 N–H and O–H groups in total. The molecular formula is C13H18O2. The fraction of sp³-hybridized carbons (Fsp3) is 0.538. The van der Waals surface area contributed by atoms with E-state index in [4.69, 9.17) is 9.47 Å². The molecule has 2 heteroatoms. The van der Waals surface area contributed by atoms with Crippen molar-refractivity contribution in [2.45, 2.75) is 19.8 Å². The Balaban J connectivity index is 1.92. The maximum atomic E-state index is 5.72. The van der Waals surface area contributed by atoms with Crippen LogP contribution in [-0.4, -0.2) is 19.8 Å². The number of ether oxygens (including phenoxy) is 2. The summed E-state index contributed by atoms with van der Waals surface area (Å²) in [4.78, 5) is 0. The van der Waals surface area contributed by atoms with E-state index in [-0.39, 0.29) is 0 Å². The summed E-state index contributed by atoms with van der Waals surface area (Å²) in [6.45, 7) is 6.87. The molecule has 2 nitrogen and oxygen atoms in total. The quantitative estimate of drug-likeness (QED) is 0.754. The molecule has 1 aromatic rings. The van der Waals surface area contributed by atoms with Gasteiger partial charge in [-0.15, -0.1) is 0 Å². The summed E-state index contributed by atoms with van der Waals surface area (Å²) < 4.78 is 10.8. The Bertz CT molecular complexity index is 316. The molecule has 15 heavy (non-hydrogen) atoms. The number of rotatable bonds is 4. The summed E-state index contributed by atoms with van der Waals surface area (Å²) >= 11 is 0. The largest absolute Gasteiger partial charge is 0.493 e. The molecule has 0 saturated carbocycles. The van der Waals surface area contributed by atoms with Gasteiger partial charge in [-0.1, -0.05) is 26.0 Å². The van der Waals surface area contributed by atoms with Gasteiger partial charge in [0.1, 0.15) is 5.75 Å². The average molecular weight is 206 g/mol. The Morgan fingerprint density at radius 3 is 2.80 bits per heavy atom. The lowest BCUT2D eigenvalue weighted by molar-refractivity contribution is -0.0508. The van der Waals surface area contributed by atoms with E-state index in [0.29, 0.717) is 11.8 Å². The van der Waals surface area contributed by atoms with Gasteiger partial charge >= 0.3 is 0 Å². The third kappa shape index (κ3) is 2.72. The fourth-order valence-electron chi connectivity index (χ4n) is 1.56. The summed E-state index contributed by atoms with van der Waals surface area (Å²) in [6.07, 6.45) is 0. The smallest absolute Gasteiger partial charge is 0.119 e. The monoisotopic (exact) mass is 206 g/mol. The molecule has 0 amide bonds. The predicted octanol–water partition coefficient (Wildman–Crippen LogP) is 2.84. The predicted molar refractivity (Wildman–Crippen MR) is 60.3 cm³/mol. The highest BCUT2D eigenvalue weighted by molar-refractivity contribution is 5.30. The number of hydrogen-bond acceptors (Lipinski definition) is 2. The lowest BCUT2D eigenvalue weighted by Gasteiger charge is -2.25. The van der Waals surface area contributed by atoms with Crippen LogP contribution in [0.2, 0.25) is 0 Å². The van der Waals surface area contributed by atoms with E-state index in [9.17, 15) is 0 Å². The minimum atomic E-state index is 0.556. The second kappa shape index (κ2) is 4.67. The molecule has 0 atom stereocenters. The van der Waals surface area contributed by atoms with Gasteiger partial charge in [-0.25, -0.2) is 0 Å². The Labute approximate surface area is 91.2 Å². The molecule has 0 bridgehead atoms. The first-order chi connectivity index (χ1) is 7.25. The van der Waals surface area contributed by atoms with Crippen LogP contribution in [0.5, 0.6) is 5.75 Å². The first kappa shape index (κ1) is 10.5. The number of benzene rings is 1. The zero-order valence-electron chi connectivity index (χ0n) is 9.40. The Morgan fingerprint density at radius 1 is 1.40 bits per heavy atom. The normalized spacial score (nSPS) is 16.5. The van der Waals surface area contributed by atoms with Crippen LogP contribution in [0, 0.1) is 5.92 Å². The van der Waals surface area contributed by atoms with Gasteiger partial charge in [0, 0.05) is 5.92 Å². The van der Waals surface area contributed by atoms with Crippen LogP contribution >= 0.6 is 0 Å². The summed E-state index contributed by atoms with van der Waals surface area (Å²) in [5.41, 5.74) is 1.33. The van der Waals surface area contributed by atoms with Crippen LogP contribution < -0.4 is 4.74 Å². The van der Waals surface area contributed by atoms with Gasteiger partial charge in [0.2, 0.25) is 0 Å². The zero-order valence-corrected chi connectivity index (χ0v) is 9.40. The molecule has 0 aromatic heterocycles. The van der Waals surface area contributed by atoms with Crippen molar-refractivity contribution in [1.82, 2.24) is 0 Å². The summed E-state index contributed by atoms with van der Waals surface area (Å²) in [5.74, 6) is 2.13. The van der Waals surface area contributed by atoms with E-state index >= 15 is 0 Å². The van der Waals surface area contributed by atoms with E-state index in [1.165, 1.54) is 5.56 Å². The molecule has 2 rings (SSSR count). The topological polar surface area (TPSA) is 18.5 Å². The van der Waals surface area contributed by atoms with Gasteiger partial charge in [0.05, 0.1) is 19.8 Å². The Hall–Kier alpha value is -1.02. The fourth-order valence-corrected chi connectivity index (χ4v) is 1.56. The van der Waals surface area contributed by atoms with Crippen molar-refractivity contribution in [1.29, 1.82) is 0 Å². The maximum absolute atomic E-state index is 5.72. The lowest BCUT2D eigenvalue weighted by Crippen LogP contribution is -2.32. The van der Waals surface area contributed by atoms with Crippen LogP contribution in [0.15, 0.2) is 24.3 Å². The van der Waals surface area contributed by atoms with E-state index < -0.39 is 0 Å². The van der Waals surface area contributed by atoms with Crippen LogP contribution in [0.1, 0.15) is 25.3 Å². The van der Waals surface area contributed by atoms with Crippen molar-refractivity contribution in [3.63, 3.8) is 0 Å². The lowest BCUT2D eigenvalue weighted by atomic mass is 10.0. The highest BCUT2D eigenvalue weighted by Crippen LogP contribution is 2.21. The second-order valence-corrected chi connectivity index (χ2v) is 4.44. The van der Waals surface area contributed by atoms with Gasteiger partial charge in [-0.2, -0.15) is 0 Å². The minimum Gasteiger partial charge on any atom is -0.493 e. The van der Waals surface area contributed by atoms with Crippen LogP contribution in [-0.2, 0) is 4.74 Å². The van der Waals surface area contributed by atoms with Crippen LogP contribution in [0.3, 0.4) is 0 Å². The highest BCUT2D eigenvalue weighted by Gasteiger charge is 2.18. The van der Waals surface area contributed by atoms with Crippen LogP contribution in [0.4, 0.5) is 0 Å². The van der Waals surface area contributed by atoms with E-state index in [0.717, 1.165) is 25.6 Å². The molecule has 82 valence electrons. The van der Waals surface area contributed by atoms with E-state index in [2.05, 4.69) is 32.0 Å². The van der Waals surface area contributed by atoms with Gasteiger partial charge in [-0.05, 0) is 23.6 Å². The molecular weight excluding hydrogens is 188 g/mol. The van der Waals surface area contributed by atoms with Crippen molar-refractivity contribution in [2.24, 2.45) is 5.92 Å². The summed E-state index contributed by atoms with van der Waals surface area (Å²) in [7, 11) is 0. The summed E-state index contributed by atoms with van der Waals surface area (Å²) in [6, 6.07) is 8.35. The average Bonchev–Trinajstić information content (AvgIpc) is 2.16. The minimum absolute atomic E-state index is 0.556. The standard InChI is InChI=1S/C13H18O2/c1-10(2)12-4-3-5-13(6-12)15-9-11-7-14-8-11/h3-6,10-11H,7-9H2,1-2H3. The Kier molecular flexibility index (Phi) is 3.27. The third-order valence-electron chi connectivity index (χ3n) is 2.72. The van der Waals surface area contributed by atoms with Crippen molar-refractivity contribution >= 4 is 0 Å². The summed E-state index contributed by atoms with van der Waals surface area (Å²) in [5, 5.41) is 0. The Morgan fingerprint density at radius 2 is 2.20 bits per heavy atom. The molecule has 0 unspecified atom stereocenters. The second-order valence-electron chi connectivity index (χ2n) is 4.44. The first-order valence-electron chi connectivity index (χ1n) is 5.56. The van der Waals surface area contributed by atoms with Gasteiger partial charge in [0.15, 0.2) is 0 Å². The van der Waals surface area contributed by atoms with Crippen molar-refractivity contribution in [2.75, 3.05) is 19.8 Å². The van der Waals surface area contributed by atoms with Crippen molar-refractivity contribution < 1.29 is 9.47 Å².